The number of carbonyl (C=O) groups excluding carboxylic acids is 2. The van der Waals surface area contributed by atoms with Crippen molar-refractivity contribution in [2.24, 2.45) is 0 Å². The van der Waals surface area contributed by atoms with Crippen molar-refractivity contribution in [2.45, 2.75) is 19.9 Å². The monoisotopic (exact) mass is 252 g/mol. The lowest BCUT2D eigenvalue weighted by atomic mass is 10.3. The molecule has 0 aliphatic heterocycles. The predicted octanol–water partition coefficient (Wildman–Crippen LogP) is 0.0654. The van der Waals surface area contributed by atoms with Gasteiger partial charge in [0.15, 0.2) is 5.69 Å². The molecule has 0 aromatic carbocycles. The van der Waals surface area contributed by atoms with Crippen molar-refractivity contribution in [3.63, 3.8) is 0 Å². The Bertz CT molecular complexity index is 453. The first kappa shape index (κ1) is 13.9. The van der Waals surface area contributed by atoms with Crippen molar-refractivity contribution in [1.82, 2.24) is 20.3 Å². The van der Waals surface area contributed by atoms with Gasteiger partial charge in [0.2, 0.25) is 5.91 Å². The molecule has 1 heterocycles. The van der Waals surface area contributed by atoms with Crippen molar-refractivity contribution >= 4 is 11.9 Å². The highest BCUT2D eigenvalue weighted by molar-refractivity contribution is 5.88. The maximum atomic E-state index is 11.6. The third kappa shape index (κ3) is 3.41. The molecule has 0 unspecified atom stereocenters. The van der Waals surface area contributed by atoms with Gasteiger partial charge in [-0.3, -0.25) is 4.79 Å². The summed E-state index contributed by atoms with van der Waals surface area (Å²) in [5.41, 5.74) is 0.738. The molecular formula is C11H16N4O3. The Kier molecular flexibility index (Phi) is 5.04. The minimum Gasteiger partial charge on any atom is -0.457 e. The van der Waals surface area contributed by atoms with E-state index in [0.29, 0.717) is 12.2 Å². The molecular weight excluding hydrogens is 236 g/mol. The number of hydrogen-bond donors (Lipinski definition) is 1. The van der Waals surface area contributed by atoms with E-state index < -0.39 is 5.97 Å². The van der Waals surface area contributed by atoms with Crippen LogP contribution in [0.5, 0.6) is 0 Å². The first-order chi connectivity index (χ1) is 8.60. The van der Waals surface area contributed by atoms with Gasteiger partial charge in [0.1, 0.15) is 6.61 Å². The molecule has 7 nitrogen and oxygen atoms in total. The highest BCUT2D eigenvalue weighted by Crippen LogP contribution is 2.06. The van der Waals surface area contributed by atoms with Crippen molar-refractivity contribution in [2.75, 3.05) is 13.7 Å². The van der Waals surface area contributed by atoms with Crippen LogP contribution in [0.4, 0.5) is 0 Å². The molecule has 1 amide bonds. The molecule has 0 spiro atoms. The van der Waals surface area contributed by atoms with Gasteiger partial charge in [0.05, 0.1) is 12.2 Å². The second-order valence-corrected chi connectivity index (χ2v) is 3.56. The summed E-state index contributed by atoms with van der Waals surface area (Å²) in [4.78, 5) is 22.7. The summed E-state index contributed by atoms with van der Waals surface area (Å²) in [5.74, 6) is -0.640. The summed E-state index contributed by atoms with van der Waals surface area (Å²) >= 11 is 0. The highest BCUT2D eigenvalue weighted by atomic mass is 16.5. The molecule has 1 aromatic heterocycles. The Balaban J connectivity index is 2.68. The lowest BCUT2D eigenvalue weighted by molar-refractivity contribution is -0.120. The molecule has 0 aliphatic carbocycles. The van der Waals surface area contributed by atoms with Crippen LogP contribution in [0.25, 0.3) is 0 Å². The minimum atomic E-state index is -0.543. The topological polar surface area (TPSA) is 86.1 Å². The van der Waals surface area contributed by atoms with Gasteiger partial charge in [-0.1, -0.05) is 17.9 Å². The van der Waals surface area contributed by atoms with Crippen LogP contribution in [-0.4, -0.2) is 40.5 Å². The summed E-state index contributed by atoms with van der Waals surface area (Å²) in [7, 11) is 1.56. The van der Waals surface area contributed by atoms with E-state index in [1.165, 1.54) is 10.8 Å². The average molecular weight is 252 g/mol. The molecule has 0 atom stereocenters. The molecule has 0 bridgehead atoms. The predicted molar refractivity (Wildman–Crippen MR) is 63.9 cm³/mol. The first-order valence-electron chi connectivity index (χ1n) is 5.48. The van der Waals surface area contributed by atoms with Crippen LogP contribution in [-0.2, 0) is 16.1 Å². The Morgan fingerprint density at radius 2 is 2.28 bits per heavy atom. The van der Waals surface area contributed by atoms with Gasteiger partial charge in [0.25, 0.3) is 0 Å². The minimum absolute atomic E-state index is 0.0966. The fourth-order valence-electron chi connectivity index (χ4n) is 1.30. The van der Waals surface area contributed by atoms with Gasteiger partial charge in [0, 0.05) is 13.5 Å². The van der Waals surface area contributed by atoms with Crippen LogP contribution < -0.4 is 5.32 Å². The Morgan fingerprint density at radius 1 is 1.56 bits per heavy atom. The molecule has 0 radical (unpaired) electrons. The molecule has 98 valence electrons. The molecule has 1 rings (SSSR count). The fourth-order valence-corrected chi connectivity index (χ4v) is 1.30. The van der Waals surface area contributed by atoms with E-state index in [4.69, 9.17) is 4.74 Å². The third-order valence-corrected chi connectivity index (χ3v) is 2.34. The number of esters is 1. The van der Waals surface area contributed by atoms with Crippen LogP contribution >= 0.6 is 0 Å². The SMILES string of the molecule is C=CCOC(=O)c1nnn(CCC(=O)NC)c1C. The summed E-state index contributed by atoms with van der Waals surface area (Å²) in [6.45, 7) is 5.65. The fraction of sp³-hybridized carbons (Fsp3) is 0.455. The Hall–Kier alpha value is -2.18. The number of aromatic nitrogens is 3. The Morgan fingerprint density at radius 3 is 2.89 bits per heavy atom. The van der Waals surface area contributed by atoms with Gasteiger partial charge >= 0.3 is 5.97 Å². The summed E-state index contributed by atoms with van der Waals surface area (Å²) in [5, 5.41) is 10.1. The zero-order valence-electron chi connectivity index (χ0n) is 10.5. The Labute approximate surface area is 105 Å². The average Bonchev–Trinajstić information content (AvgIpc) is 2.74. The number of ether oxygens (including phenoxy) is 1. The molecule has 0 saturated carbocycles. The molecule has 0 saturated heterocycles. The third-order valence-electron chi connectivity index (χ3n) is 2.34. The number of hydrogen-bond acceptors (Lipinski definition) is 5. The second-order valence-electron chi connectivity index (χ2n) is 3.56. The van der Waals surface area contributed by atoms with Gasteiger partial charge in [-0.05, 0) is 6.92 Å². The van der Waals surface area contributed by atoms with E-state index >= 15 is 0 Å². The van der Waals surface area contributed by atoms with Crippen molar-refractivity contribution < 1.29 is 14.3 Å². The maximum absolute atomic E-state index is 11.6. The zero-order chi connectivity index (χ0) is 13.5. The van der Waals surface area contributed by atoms with E-state index in [0.717, 1.165) is 0 Å². The van der Waals surface area contributed by atoms with E-state index in [-0.39, 0.29) is 24.6 Å². The molecule has 1 aromatic rings. The smallest absolute Gasteiger partial charge is 0.361 e. The number of rotatable bonds is 6. The van der Waals surface area contributed by atoms with Crippen LogP contribution in [0.2, 0.25) is 0 Å². The number of carbonyl (C=O) groups is 2. The molecule has 7 heteroatoms. The second kappa shape index (κ2) is 6.53. The van der Waals surface area contributed by atoms with E-state index in [2.05, 4.69) is 22.2 Å². The van der Waals surface area contributed by atoms with Crippen LogP contribution in [0.1, 0.15) is 22.6 Å². The molecule has 18 heavy (non-hydrogen) atoms. The van der Waals surface area contributed by atoms with Crippen molar-refractivity contribution in [3.05, 3.63) is 24.0 Å². The first-order valence-corrected chi connectivity index (χ1v) is 5.48. The summed E-state index contributed by atoms with van der Waals surface area (Å²) in [6.07, 6.45) is 1.76. The van der Waals surface area contributed by atoms with E-state index in [9.17, 15) is 9.59 Å². The molecule has 0 fully saturated rings. The maximum Gasteiger partial charge on any atom is 0.361 e. The van der Waals surface area contributed by atoms with Crippen LogP contribution in [0.15, 0.2) is 12.7 Å². The van der Waals surface area contributed by atoms with Gasteiger partial charge < -0.3 is 10.1 Å². The van der Waals surface area contributed by atoms with Crippen LogP contribution in [0.3, 0.4) is 0 Å². The highest BCUT2D eigenvalue weighted by Gasteiger charge is 2.17. The van der Waals surface area contributed by atoms with Crippen molar-refractivity contribution in [3.8, 4) is 0 Å². The quantitative estimate of drug-likeness (QED) is 0.571. The largest absolute Gasteiger partial charge is 0.457 e. The molecule has 1 N–H and O–H groups in total. The standard InChI is InChI=1S/C11H16N4O3/c1-4-7-18-11(17)10-8(2)15(14-13-10)6-5-9(16)12-3/h4H,1,5-7H2,2-3H3,(H,12,16). The molecule has 0 aliphatic rings. The summed E-state index contributed by atoms with van der Waals surface area (Å²) < 4.78 is 6.37. The zero-order valence-corrected chi connectivity index (χ0v) is 10.5. The number of nitrogens with zero attached hydrogens (tertiary/aromatic N) is 3. The van der Waals surface area contributed by atoms with Gasteiger partial charge in [-0.2, -0.15) is 0 Å². The lowest BCUT2D eigenvalue weighted by Crippen LogP contribution is -2.20. The lowest BCUT2D eigenvalue weighted by Gasteiger charge is -2.03. The normalized spacial score (nSPS) is 9.89. The van der Waals surface area contributed by atoms with Crippen molar-refractivity contribution in [1.29, 1.82) is 0 Å². The van der Waals surface area contributed by atoms with Crippen LogP contribution in [0, 0.1) is 6.92 Å². The number of nitrogens with one attached hydrogen (secondary N) is 1. The number of aryl methyl sites for hydroxylation is 1. The van der Waals surface area contributed by atoms with Gasteiger partial charge in [-0.15, -0.1) is 5.10 Å². The van der Waals surface area contributed by atoms with Gasteiger partial charge in [-0.25, -0.2) is 9.48 Å². The van der Waals surface area contributed by atoms with E-state index in [1.807, 2.05) is 0 Å². The summed E-state index contributed by atoms with van der Waals surface area (Å²) in [6, 6.07) is 0. The number of amides is 1. The van der Waals surface area contributed by atoms with E-state index in [1.54, 1.807) is 14.0 Å².